The number of amides is 2. The second-order valence-corrected chi connectivity index (χ2v) is 9.36. The molecule has 1 aliphatic heterocycles. The molecule has 3 aromatic rings. The van der Waals surface area contributed by atoms with Gasteiger partial charge in [0.15, 0.2) is 0 Å². The predicted octanol–water partition coefficient (Wildman–Crippen LogP) is 2.68. The Labute approximate surface area is 187 Å². The largest absolute Gasteiger partial charge is 0.497 e. The van der Waals surface area contributed by atoms with Crippen LogP contribution < -0.4 is 19.1 Å². The van der Waals surface area contributed by atoms with Crippen LogP contribution >= 0.6 is 11.3 Å². The van der Waals surface area contributed by atoms with Gasteiger partial charge in [0.1, 0.15) is 16.5 Å². The first-order valence-electron chi connectivity index (χ1n) is 9.37. The molecule has 0 aliphatic carbocycles. The van der Waals surface area contributed by atoms with E-state index < -0.39 is 21.8 Å². The number of ether oxygens (including phenoxy) is 2. The molecule has 0 bridgehead atoms. The van der Waals surface area contributed by atoms with Crippen LogP contribution in [0.3, 0.4) is 0 Å². The van der Waals surface area contributed by atoms with Crippen LogP contribution in [-0.2, 0) is 19.6 Å². The Balaban J connectivity index is 1.61. The number of anilines is 2. The highest BCUT2D eigenvalue weighted by Gasteiger charge is 2.33. The van der Waals surface area contributed by atoms with Gasteiger partial charge in [-0.2, -0.15) is 0 Å². The Hall–Kier alpha value is -3.51. The second kappa shape index (κ2) is 8.55. The molecule has 1 aliphatic rings. The fourth-order valence-electron chi connectivity index (χ4n) is 3.15. The van der Waals surface area contributed by atoms with Gasteiger partial charge in [-0.1, -0.05) is 11.3 Å². The molecule has 12 heteroatoms. The number of imide groups is 1. The van der Waals surface area contributed by atoms with Crippen LogP contribution in [0.15, 0.2) is 47.4 Å². The molecule has 32 heavy (non-hydrogen) atoms. The number of benzene rings is 2. The van der Waals surface area contributed by atoms with Gasteiger partial charge in [0.2, 0.25) is 16.9 Å². The molecule has 1 N–H and O–H groups in total. The molecule has 2 heterocycles. The number of sulfonamides is 1. The molecule has 1 saturated heterocycles. The Bertz CT molecular complexity index is 1270. The van der Waals surface area contributed by atoms with Gasteiger partial charge in [0, 0.05) is 18.4 Å². The van der Waals surface area contributed by atoms with E-state index in [-0.39, 0.29) is 34.3 Å². The van der Waals surface area contributed by atoms with Gasteiger partial charge in [0.05, 0.1) is 24.8 Å². The maximum atomic E-state index is 12.9. The first-order chi connectivity index (χ1) is 15.3. The van der Waals surface area contributed by atoms with Crippen molar-refractivity contribution in [1.82, 2.24) is 10.2 Å². The van der Waals surface area contributed by atoms with E-state index in [0.29, 0.717) is 10.8 Å². The molecule has 166 valence electrons. The molecular weight excluding hydrogens is 456 g/mol. The lowest BCUT2D eigenvalue weighted by molar-refractivity contribution is -0.121. The van der Waals surface area contributed by atoms with Crippen molar-refractivity contribution < 1.29 is 27.5 Å². The van der Waals surface area contributed by atoms with Crippen LogP contribution in [0.1, 0.15) is 12.8 Å². The number of carbonyl (C=O) groups is 2. The SMILES string of the molecule is COc1ccc(-c2nnc(NS(=O)(=O)c3ccc(OC)c(N4C(=O)CCC4=O)c3)s2)cc1. The third kappa shape index (κ3) is 4.14. The number of carbonyl (C=O) groups excluding carboxylic acids is 2. The Morgan fingerprint density at radius 3 is 2.28 bits per heavy atom. The number of nitrogens with zero attached hydrogens (tertiary/aromatic N) is 3. The Morgan fingerprint density at radius 2 is 1.66 bits per heavy atom. The van der Waals surface area contributed by atoms with Gasteiger partial charge in [-0.15, -0.1) is 10.2 Å². The quantitative estimate of drug-likeness (QED) is 0.518. The lowest BCUT2D eigenvalue weighted by Crippen LogP contribution is -2.29. The summed E-state index contributed by atoms with van der Waals surface area (Å²) in [4.78, 5) is 25.1. The highest BCUT2D eigenvalue weighted by Crippen LogP contribution is 2.35. The average Bonchev–Trinajstić information content (AvgIpc) is 3.38. The molecule has 10 nitrogen and oxygen atoms in total. The topological polar surface area (TPSA) is 128 Å². The molecule has 0 atom stereocenters. The van der Waals surface area contributed by atoms with Crippen LogP contribution in [0.4, 0.5) is 10.8 Å². The summed E-state index contributed by atoms with van der Waals surface area (Å²) in [5, 5.41) is 8.53. The molecule has 0 radical (unpaired) electrons. The summed E-state index contributed by atoms with van der Waals surface area (Å²) >= 11 is 1.06. The van der Waals surface area contributed by atoms with E-state index in [1.807, 2.05) is 0 Å². The van der Waals surface area contributed by atoms with Gasteiger partial charge in [-0.05, 0) is 42.5 Å². The zero-order valence-electron chi connectivity index (χ0n) is 17.1. The standard InChI is InChI=1S/C20H18N4O6S2/c1-29-13-5-3-12(4-6-13)19-21-22-20(31-19)23-32(27,28)14-7-8-16(30-2)15(11-14)24-17(25)9-10-18(24)26/h3-8,11H,9-10H2,1-2H3,(H,22,23). The van der Waals surface area contributed by atoms with Gasteiger partial charge < -0.3 is 9.47 Å². The maximum absolute atomic E-state index is 12.9. The second-order valence-electron chi connectivity index (χ2n) is 6.70. The number of hydrogen-bond donors (Lipinski definition) is 1. The van der Waals surface area contributed by atoms with E-state index >= 15 is 0 Å². The van der Waals surface area contributed by atoms with Crippen molar-refractivity contribution in [2.24, 2.45) is 0 Å². The van der Waals surface area contributed by atoms with Gasteiger partial charge in [0.25, 0.3) is 10.0 Å². The van der Waals surface area contributed by atoms with Crippen molar-refractivity contribution in [3.63, 3.8) is 0 Å². The summed E-state index contributed by atoms with van der Waals surface area (Å²) in [7, 11) is -1.14. The van der Waals surface area contributed by atoms with Crippen LogP contribution in [0.5, 0.6) is 11.5 Å². The number of hydrogen-bond acceptors (Lipinski definition) is 9. The fourth-order valence-corrected chi connectivity index (χ4v) is 5.14. The summed E-state index contributed by atoms with van der Waals surface area (Å²) < 4.78 is 38.6. The van der Waals surface area contributed by atoms with E-state index in [9.17, 15) is 18.0 Å². The van der Waals surface area contributed by atoms with Crippen LogP contribution in [-0.4, -0.2) is 44.6 Å². The van der Waals surface area contributed by atoms with Crippen molar-refractivity contribution >= 4 is 44.0 Å². The van der Waals surface area contributed by atoms with E-state index in [1.54, 1.807) is 31.4 Å². The van der Waals surface area contributed by atoms with Crippen LogP contribution in [0, 0.1) is 0 Å². The van der Waals surface area contributed by atoms with Crippen LogP contribution in [0.25, 0.3) is 10.6 Å². The van der Waals surface area contributed by atoms with Gasteiger partial charge in [-0.25, -0.2) is 13.3 Å². The van der Waals surface area contributed by atoms with Crippen molar-refractivity contribution in [2.75, 3.05) is 23.8 Å². The molecule has 0 saturated carbocycles. The molecular formula is C20H18N4O6S2. The zero-order chi connectivity index (χ0) is 22.9. The molecule has 0 spiro atoms. The lowest BCUT2D eigenvalue weighted by atomic mass is 10.2. The predicted molar refractivity (Wildman–Crippen MR) is 117 cm³/mol. The van der Waals surface area contributed by atoms with E-state index in [1.165, 1.54) is 25.3 Å². The summed E-state index contributed by atoms with van der Waals surface area (Å²) in [5.41, 5.74) is 0.839. The number of nitrogens with one attached hydrogen (secondary N) is 1. The third-order valence-corrected chi connectivity index (χ3v) is 7.09. The monoisotopic (exact) mass is 474 g/mol. The summed E-state index contributed by atoms with van der Waals surface area (Å²) in [6.45, 7) is 0. The van der Waals surface area contributed by atoms with Gasteiger partial charge in [-0.3, -0.25) is 14.3 Å². The highest BCUT2D eigenvalue weighted by atomic mass is 32.2. The minimum atomic E-state index is -4.07. The molecule has 4 rings (SSSR count). The minimum absolute atomic E-state index is 0.0656. The summed E-state index contributed by atoms with van der Waals surface area (Å²) in [6.07, 6.45) is 0.131. The van der Waals surface area contributed by atoms with Crippen LogP contribution in [0.2, 0.25) is 0 Å². The van der Waals surface area contributed by atoms with Gasteiger partial charge >= 0.3 is 0 Å². The summed E-state index contributed by atoms with van der Waals surface area (Å²) in [5.74, 6) is 0.0721. The lowest BCUT2D eigenvalue weighted by Gasteiger charge is -2.18. The normalized spacial score (nSPS) is 14.0. The first kappa shape index (κ1) is 21.7. The number of aromatic nitrogens is 2. The Morgan fingerprint density at radius 1 is 0.969 bits per heavy atom. The number of rotatable bonds is 7. The highest BCUT2D eigenvalue weighted by molar-refractivity contribution is 7.93. The summed E-state index contributed by atoms with van der Waals surface area (Å²) in [6, 6.07) is 11.1. The molecule has 1 aromatic heterocycles. The molecule has 2 amide bonds. The van der Waals surface area contributed by atoms with E-state index in [2.05, 4.69) is 14.9 Å². The molecule has 2 aromatic carbocycles. The Kier molecular flexibility index (Phi) is 5.80. The molecule has 1 fully saturated rings. The van der Waals surface area contributed by atoms with Crippen molar-refractivity contribution in [1.29, 1.82) is 0 Å². The zero-order valence-corrected chi connectivity index (χ0v) is 18.7. The van der Waals surface area contributed by atoms with Crippen molar-refractivity contribution in [3.8, 4) is 22.1 Å². The first-order valence-corrected chi connectivity index (χ1v) is 11.7. The van der Waals surface area contributed by atoms with Crippen molar-refractivity contribution in [2.45, 2.75) is 17.7 Å². The van der Waals surface area contributed by atoms with E-state index in [0.717, 1.165) is 21.8 Å². The fraction of sp³-hybridized carbons (Fsp3) is 0.200. The smallest absolute Gasteiger partial charge is 0.263 e. The molecule has 0 unspecified atom stereocenters. The third-order valence-electron chi connectivity index (χ3n) is 4.74. The maximum Gasteiger partial charge on any atom is 0.263 e. The van der Waals surface area contributed by atoms with Crippen molar-refractivity contribution in [3.05, 3.63) is 42.5 Å². The minimum Gasteiger partial charge on any atom is -0.497 e. The average molecular weight is 475 g/mol. The number of methoxy groups -OCH3 is 2. The van der Waals surface area contributed by atoms with E-state index in [4.69, 9.17) is 9.47 Å².